The summed E-state index contributed by atoms with van der Waals surface area (Å²) in [5.74, 6) is 0.752. The fraction of sp³-hybridized carbons (Fsp3) is 0.611. The molecule has 1 N–H and O–H groups in total. The minimum atomic E-state index is -0.444. The van der Waals surface area contributed by atoms with Gasteiger partial charge in [-0.15, -0.1) is 0 Å². The predicted octanol–water partition coefficient (Wildman–Crippen LogP) is 1.91. The van der Waals surface area contributed by atoms with Crippen LogP contribution in [-0.4, -0.2) is 56.3 Å². The zero-order valence-corrected chi connectivity index (χ0v) is 14.4. The van der Waals surface area contributed by atoms with Crippen LogP contribution in [0.2, 0.25) is 0 Å². The topological polar surface area (TPSA) is 50.8 Å². The molecule has 1 fully saturated rings. The number of amides is 1. The molecule has 1 unspecified atom stereocenters. The van der Waals surface area contributed by atoms with Gasteiger partial charge in [-0.2, -0.15) is 0 Å². The second kappa shape index (κ2) is 8.89. The molecule has 0 spiro atoms. The largest absolute Gasteiger partial charge is 0.480 e. The van der Waals surface area contributed by atoms with E-state index in [9.17, 15) is 4.79 Å². The average Bonchev–Trinajstić information content (AvgIpc) is 2.56. The lowest BCUT2D eigenvalue weighted by Crippen LogP contribution is -2.44. The maximum Gasteiger partial charge on any atom is 0.261 e. The lowest BCUT2D eigenvalue weighted by molar-refractivity contribution is -0.128. The van der Waals surface area contributed by atoms with E-state index < -0.39 is 6.10 Å². The summed E-state index contributed by atoms with van der Waals surface area (Å²) in [6.07, 6.45) is 0.205. The number of nitrogens with zero attached hydrogens (tertiary/aromatic N) is 1. The number of rotatable bonds is 7. The Morgan fingerprint density at radius 3 is 2.78 bits per heavy atom. The minimum absolute atomic E-state index is 0.0401. The lowest BCUT2D eigenvalue weighted by atomic mass is 10.1. The van der Waals surface area contributed by atoms with Crippen LogP contribution in [0.1, 0.15) is 24.5 Å². The van der Waals surface area contributed by atoms with Gasteiger partial charge in [0.1, 0.15) is 5.75 Å². The molecule has 128 valence electrons. The molecule has 2 rings (SSSR count). The second-order valence-corrected chi connectivity index (χ2v) is 6.03. The summed E-state index contributed by atoms with van der Waals surface area (Å²) in [4.78, 5) is 14.6. The van der Waals surface area contributed by atoms with E-state index in [2.05, 4.69) is 10.2 Å². The quantitative estimate of drug-likeness (QED) is 0.834. The van der Waals surface area contributed by atoms with Crippen molar-refractivity contribution >= 4 is 5.91 Å². The van der Waals surface area contributed by atoms with E-state index in [1.807, 2.05) is 39.0 Å². The maximum atomic E-state index is 12.3. The van der Waals surface area contributed by atoms with Gasteiger partial charge in [0.2, 0.25) is 0 Å². The maximum absolute atomic E-state index is 12.3. The normalized spacial score (nSPS) is 16.8. The second-order valence-electron chi connectivity index (χ2n) is 6.03. The van der Waals surface area contributed by atoms with Gasteiger partial charge in [0, 0.05) is 26.2 Å². The van der Waals surface area contributed by atoms with Crippen LogP contribution in [0.15, 0.2) is 18.2 Å². The first-order chi connectivity index (χ1) is 11.1. The number of aryl methyl sites for hydroxylation is 2. The summed E-state index contributed by atoms with van der Waals surface area (Å²) in [6.45, 7) is 10.9. The summed E-state index contributed by atoms with van der Waals surface area (Å²) in [6, 6.07) is 6.05. The molecule has 0 saturated carbocycles. The molecule has 1 amide bonds. The SMILES string of the molecule is CCC(Oc1cc(C)ccc1C)C(=O)NCCN1CCOCC1. The highest BCUT2D eigenvalue weighted by molar-refractivity contribution is 5.81. The first kappa shape index (κ1) is 17.8. The van der Waals surface area contributed by atoms with Crippen LogP contribution in [0, 0.1) is 13.8 Å². The summed E-state index contributed by atoms with van der Waals surface area (Å²) < 4.78 is 11.3. The zero-order valence-electron chi connectivity index (χ0n) is 14.4. The predicted molar refractivity (Wildman–Crippen MR) is 90.9 cm³/mol. The molecule has 23 heavy (non-hydrogen) atoms. The molecular weight excluding hydrogens is 292 g/mol. The van der Waals surface area contributed by atoms with Crippen molar-refractivity contribution in [3.05, 3.63) is 29.3 Å². The fourth-order valence-electron chi connectivity index (χ4n) is 2.59. The van der Waals surface area contributed by atoms with Gasteiger partial charge in [-0.3, -0.25) is 9.69 Å². The van der Waals surface area contributed by atoms with Gasteiger partial charge in [0.25, 0.3) is 5.91 Å². The third-order valence-electron chi connectivity index (χ3n) is 4.11. The molecule has 5 heteroatoms. The van der Waals surface area contributed by atoms with Crippen molar-refractivity contribution in [2.75, 3.05) is 39.4 Å². The van der Waals surface area contributed by atoms with Crippen molar-refractivity contribution in [1.29, 1.82) is 0 Å². The molecule has 0 bridgehead atoms. The molecule has 0 aliphatic carbocycles. The van der Waals surface area contributed by atoms with Crippen molar-refractivity contribution in [1.82, 2.24) is 10.2 Å². The Bertz CT molecular complexity index is 513. The Morgan fingerprint density at radius 2 is 2.09 bits per heavy atom. The van der Waals surface area contributed by atoms with E-state index in [0.29, 0.717) is 13.0 Å². The number of morpholine rings is 1. The lowest BCUT2D eigenvalue weighted by Gasteiger charge is -2.27. The third-order valence-corrected chi connectivity index (χ3v) is 4.11. The summed E-state index contributed by atoms with van der Waals surface area (Å²) in [5, 5.41) is 2.99. The monoisotopic (exact) mass is 320 g/mol. The van der Waals surface area contributed by atoms with Gasteiger partial charge in [0.05, 0.1) is 13.2 Å². The van der Waals surface area contributed by atoms with Crippen molar-refractivity contribution in [2.24, 2.45) is 0 Å². The number of ether oxygens (including phenoxy) is 2. The number of nitrogens with one attached hydrogen (secondary N) is 1. The highest BCUT2D eigenvalue weighted by Gasteiger charge is 2.19. The van der Waals surface area contributed by atoms with Gasteiger partial charge in [-0.05, 0) is 37.5 Å². The van der Waals surface area contributed by atoms with Crippen molar-refractivity contribution < 1.29 is 14.3 Å². The third kappa shape index (κ3) is 5.52. The first-order valence-electron chi connectivity index (χ1n) is 8.42. The molecule has 1 heterocycles. The molecule has 1 atom stereocenters. The number of hydrogen-bond donors (Lipinski definition) is 1. The van der Waals surface area contributed by atoms with Crippen LogP contribution in [0.4, 0.5) is 0 Å². The Balaban J connectivity index is 1.82. The molecule has 1 saturated heterocycles. The fourth-order valence-corrected chi connectivity index (χ4v) is 2.59. The van der Waals surface area contributed by atoms with Crippen LogP contribution in [-0.2, 0) is 9.53 Å². The summed E-state index contributed by atoms with van der Waals surface area (Å²) >= 11 is 0. The van der Waals surface area contributed by atoms with Gasteiger partial charge in [-0.1, -0.05) is 19.1 Å². The van der Waals surface area contributed by atoms with E-state index in [0.717, 1.165) is 49.7 Å². The van der Waals surface area contributed by atoms with Gasteiger partial charge >= 0.3 is 0 Å². The highest BCUT2D eigenvalue weighted by Crippen LogP contribution is 2.21. The van der Waals surface area contributed by atoms with Crippen molar-refractivity contribution in [3.8, 4) is 5.75 Å². The molecule has 1 aliphatic rings. The standard InChI is InChI=1S/C18H28N2O3/c1-4-16(23-17-13-14(2)5-6-15(17)3)18(21)19-7-8-20-9-11-22-12-10-20/h5-6,13,16H,4,7-12H2,1-3H3,(H,19,21). The van der Waals surface area contributed by atoms with E-state index in [-0.39, 0.29) is 5.91 Å². The minimum Gasteiger partial charge on any atom is -0.480 e. The van der Waals surface area contributed by atoms with Crippen molar-refractivity contribution in [2.45, 2.75) is 33.3 Å². The van der Waals surface area contributed by atoms with E-state index in [4.69, 9.17) is 9.47 Å². The molecule has 5 nitrogen and oxygen atoms in total. The van der Waals surface area contributed by atoms with Crippen LogP contribution >= 0.6 is 0 Å². The van der Waals surface area contributed by atoms with Crippen LogP contribution in [0.25, 0.3) is 0 Å². The van der Waals surface area contributed by atoms with E-state index >= 15 is 0 Å². The van der Waals surface area contributed by atoms with Crippen LogP contribution in [0.5, 0.6) is 5.75 Å². The number of benzene rings is 1. The van der Waals surface area contributed by atoms with Crippen LogP contribution < -0.4 is 10.1 Å². The number of hydrogen-bond acceptors (Lipinski definition) is 4. The Kier molecular flexibility index (Phi) is 6.86. The molecule has 1 aliphatic heterocycles. The molecular formula is C18H28N2O3. The highest BCUT2D eigenvalue weighted by atomic mass is 16.5. The first-order valence-corrected chi connectivity index (χ1v) is 8.42. The van der Waals surface area contributed by atoms with Crippen molar-refractivity contribution in [3.63, 3.8) is 0 Å². The number of carbonyl (C=O) groups is 1. The van der Waals surface area contributed by atoms with Gasteiger partial charge < -0.3 is 14.8 Å². The summed E-state index contributed by atoms with van der Waals surface area (Å²) in [5.41, 5.74) is 2.18. The molecule has 1 aromatic rings. The molecule has 0 aromatic heterocycles. The van der Waals surface area contributed by atoms with E-state index in [1.165, 1.54) is 0 Å². The summed E-state index contributed by atoms with van der Waals surface area (Å²) in [7, 11) is 0. The average molecular weight is 320 g/mol. The zero-order chi connectivity index (χ0) is 16.7. The van der Waals surface area contributed by atoms with Gasteiger partial charge in [-0.25, -0.2) is 0 Å². The Morgan fingerprint density at radius 1 is 1.35 bits per heavy atom. The molecule has 0 radical (unpaired) electrons. The number of carbonyl (C=O) groups excluding carboxylic acids is 1. The van der Waals surface area contributed by atoms with E-state index in [1.54, 1.807) is 0 Å². The molecule has 1 aromatic carbocycles. The van der Waals surface area contributed by atoms with Crippen LogP contribution in [0.3, 0.4) is 0 Å². The Labute approximate surface area is 139 Å². The smallest absolute Gasteiger partial charge is 0.261 e. The Hall–Kier alpha value is -1.59. The van der Waals surface area contributed by atoms with Gasteiger partial charge in [0.15, 0.2) is 6.10 Å².